The molecular formula is C16H17N3O3. The van der Waals surface area contributed by atoms with Gasteiger partial charge in [-0.05, 0) is 30.3 Å². The molecule has 0 radical (unpaired) electrons. The molecule has 0 saturated carbocycles. The predicted molar refractivity (Wildman–Crippen MR) is 85.1 cm³/mol. The molecule has 1 aromatic heterocycles. The summed E-state index contributed by atoms with van der Waals surface area (Å²) in [6, 6.07) is 11.2. The predicted octanol–water partition coefficient (Wildman–Crippen LogP) is 2.63. The minimum Gasteiger partial charge on any atom is -0.497 e. The van der Waals surface area contributed by atoms with Crippen LogP contribution in [0.1, 0.15) is 0 Å². The summed E-state index contributed by atoms with van der Waals surface area (Å²) in [6.07, 6.45) is 0. The van der Waals surface area contributed by atoms with Crippen LogP contribution < -0.4 is 19.9 Å². The lowest BCUT2D eigenvalue weighted by Gasteiger charge is -2.06. The molecule has 0 saturated heterocycles. The molecule has 1 heterocycles. The zero-order chi connectivity index (χ0) is 15.7. The number of benzene rings is 2. The summed E-state index contributed by atoms with van der Waals surface area (Å²) in [5.74, 6) is 2.56. The van der Waals surface area contributed by atoms with Crippen molar-refractivity contribution >= 4 is 16.7 Å². The number of aromatic nitrogens is 2. The maximum atomic E-state index is 6.23. The SMILES string of the molecule is COc1ccc(-n2nc3cc(OC)c(OC)cc3c2N)cc1. The maximum absolute atomic E-state index is 6.23. The van der Waals surface area contributed by atoms with Gasteiger partial charge in [-0.3, -0.25) is 0 Å². The lowest BCUT2D eigenvalue weighted by molar-refractivity contribution is 0.356. The van der Waals surface area contributed by atoms with Crippen molar-refractivity contribution in [3.05, 3.63) is 36.4 Å². The number of nitrogens with two attached hydrogens (primary N) is 1. The molecule has 0 spiro atoms. The summed E-state index contributed by atoms with van der Waals surface area (Å²) in [4.78, 5) is 0. The summed E-state index contributed by atoms with van der Waals surface area (Å²) in [5, 5.41) is 5.35. The standard InChI is InChI=1S/C16H17N3O3/c1-20-11-6-4-10(5-7-11)19-16(17)12-8-14(21-2)15(22-3)9-13(12)18-19/h4-9H,17H2,1-3H3. The van der Waals surface area contributed by atoms with Gasteiger partial charge in [0.05, 0.1) is 32.5 Å². The molecule has 22 heavy (non-hydrogen) atoms. The highest BCUT2D eigenvalue weighted by atomic mass is 16.5. The average molecular weight is 299 g/mol. The van der Waals surface area contributed by atoms with E-state index in [1.165, 1.54) is 0 Å². The summed E-state index contributed by atoms with van der Waals surface area (Å²) < 4.78 is 17.5. The molecule has 0 amide bonds. The number of ether oxygens (including phenoxy) is 3. The van der Waals surface area contributed by atoms with Gasteiger partial charge >= 0.3 is 0 Å². The second-order valence-electron chi connectivity index (χ2n) is 4.72. The Labute approximate surface area is 128 Å². The summed E-state index contributed by atoms with van der Waals surface area (Å²) in [6.45, 7) is 0. The van der Waals surface area contributed by atoms with Crippen molar-refractivity contribution in [2.75, 3.05) is 27.1 Å². The molecule has 0 aliphatic heterocycles. The number of nitrogen functional groups attached to an aromatic ring is 1. The quantitative estimate of drug-likeness (QED) is 0.802. The van der Waals surface area contributed by atoms with Gasteiger partial charge in [0.25, 0.3) is 0 Å². The van der Waals surface area contributed by atoms with E-state index in [4.69, 9.17) is 19.9 Å². The van der Waals surface area contributed by atoms with E-state index in [1.807, 2.05) is 36.4 Å². The third kappa shape index (κ3) is 2.18. The first kappa shape index (κ1) is 14.1. The highest BCUT2D eigenvalue weighted by Crippen LogP contribution is 2.35. The van der Waals surface area contributed by atoms with E-state index >= 15 is 0 Å². The fourth-order valence-electron chi connectivity index (χ4n) is 2.35. The van der Waals surface area contributed by atoms with Gasteiger partial charge in [0.1, 0.15) is 11.6 Å². The van der Waals surface area contributed by atoms with Gasteiger partial charge in [-0.25, -0.2) is 4.68 Å². The van der Waals surface area contributed by atoms with Gasteiger partial charge in [-0.1, -0.05) is 0 Å². The van der Waals surface area contributed by atoms with E-state index in [-0.39, 0.29) is 0 Å². The van der Waals surface area contributed by atoms with Crippen LogP contribution in [0, 0.1) is 0 Å². The molecule has 0 atom stereocenters. The van der Waals surface area contributed by atoms with Crippen LogP contribution in [0.25, 0.3) is 16.6 Å². The minimum atomic E-state index is 0.543. The third-order valence-corrected chi connectivity index (χ3v) is 3.53. The lowest BCUT2D eigenvalue weighted by atomic mass is 10.2. The van der Waals surface area contributed by atoms with Gasteiger partial charge in [-0.2, -0.15) is 5.10 Å². The smallest absolute Gasteiger partial charge is 0.162 e. The molecule has 0 bridgehead atoms. The average Bonchev–Trinajstić information content (AvgIpc) is 2.89. The van der Waals surface area contributed by atoms with E-state index in [0.29, 0.717) is 17.3 Å². The molecule has 114 valence electrons. The molecule has 0 fully saturated rings. The van der Waals surface area contributed by atoms with Crippen molar-refractivity contribution in [1.82, 2.24) is 9.78 Å². The number of rotatable bonds is 4. The summed E-state index contributed by atoms with van der Waals surface area (Å²) in [7, 11) is 4.81. The number of hydrogen-bond donors (Lipinski definition) is 1. The van der Waals surface area contributed by atoms with E-state index in [2.05, 4.69) is 5.10 Å². The van der Waals surface area contributed by atoms with Crippen molar-refractivity contribution in [3.8, 4) is 22.9 Å². The zero-order valence-electron chi connectivity index (χ0n) is 12.7. The largest absolute Gasteiger partial charge is 0.497 e. The van der Waals surface area contributed by atoms with Crippen LogP contribution >= 0.6 is 0 Å². The fraction of sp³-hybridized carbons (Fsp3) is 0.188. The Morgan fingerprint density at radius 2 is 1.55 bits per heavy atom. The number of nitrogens with zero attached hydrogens (tertiary/aromatic N) is 2. The highest BCUT2D eigenvalue weighted by molar-refractivity contribution is 5.92. The normalized spacial score (nSPS) is 10.7. The number of methoxy groups -OCH3 is 3. The van der Waals surface area contributed by atoms with Crippen LogP contribution in [-0.2, 0) is 0 Å². The zero-order valence-corrected chi connectivity index (χ0v) is 12.7. The maximum Gasteiger partial charge on any atom is 0.162 e. The Morgan fingerprint density at radius 1 is 0.909 bits per heavy atom. The summed E-state index contributed by atoms with van der Waals surface area (Å²) in [5.41, 5.74) is 7.83. The minimum absolute atomic E-state index is 0.543. The molecule has 3 aromatic rings. The second-order valence-corrected chi connectivity index (χ2v) is 4.72. The van der Waals surface area contributed by atoms with Crippen molar-refractivity contribution in [2.24, 2.45) is 0 Å². The Balaban J connectivity index is 2.16. The molecule has 6 nitrogen and oxygen atoms in total. The van der Waals surface area contributed by atoms with Crippen LogP contribution in [0.15, 0.2) is 36.4 Å². The first-order valence-corrected chi connectivity index (χ1v) is 6.72. The highest BCUT2D eigenvalue weighted by Gasteiger charge is 2.14. The van der Waals surface area contributed by atoms with E-state index in [9.17, 15) is 0 Å². The van der Waals surface area contributed by atoms with Crippen LogP contribution in [0.3, 0.4) is 0 Å². The van der Waals surface area contributed by atoms with Gasteiger partial charge < -0.3 is 19.9 Å². The van der Waals surface area contributed by atoms with Gasteiger partial charge in [0.2, 0.25) is 0 Å². The molecule has 2 aromatic carbocycles. The van der Waals surface area contributed by atoms with Crippen molar-refractivity contribution in [3.63, 3.8) is 0 Å². The number of anilines is 1. The number of fused-ring (bicyclic) bond motifs is 1. The molecule has 3 rings (SSSR count). The fourth-order valence-corrected chi connectivity index (χ4v) is 2.35. The Morgan fingerprint density at radius 3 is 2.14 bits per heavy atom. The van der Waals surface area contributed by atoms with Crippen LogP contribution in [0.4, 0.5) is 5.82 Å². The second kappa shape index (κ2) is 5.48. The Kier molecular flexibility index (Phi) is 3.50. The summed E-state index contributed by atoms with van der Waals surface area (Å²) >= 11 is 0. The van der Waals surface area contributed by atoms with E-state index in [0.717, 1.165) is 22.3 Å². The molecule has 6 heteroatoms. The molecule has 2 N–H and O–H groups in total. The van der Waals surface area contributed by atoms with Gasteiger partial charge in [0, 0.05) is 11.5 Å². The first-order valence-electron chi connectivity index (χ1n) is 6.72. The van der Waals surface area contributed by atoms with Crippen LogP contribution in [0.5, 0.6) is 17.2 Å². The van der Waals surface area contributed by atoms with Crippen LogP contribution in [0.2, 0.25) is 0 Å². The van der Waals surface area contributed by atoms with Crippen molar-refractivity contribution < 1.29 is 14.2 Å². The van der Waals surface area contributed by atoms with Gasteiger partial charge in [-0.15, -0.1) is 0 Å². The molecule has 0 aliphatic carbocycles. The van der Waals surface area contributed by atoms with Crippen molar-refractivity contribution in [2.45, 2.75) is 0 Å². The third-order valence-electron chi connectivity index (χ3n) is 3.53. The Bertz CT molecular complexity index is 810. The first-order chi connectivity index (χ1) is 10.7. The van der Waals surface area contributed by atoms with E-state index < -0.39 is 0 Å². The topological polar surface area (TPSA) is 71.5 Å². The van der Waals surface area contributed by atoms with Gasteiger partial charge in [0.15, 0.2) is 11.5 Å². The molecular weight excluding hydrogens is 282 g/mol. The molecule has 0 aliphatic rings. The lowest BCUT2D eigenvalue weighted by Crippen LogP contribution is -2.01. The van der Waals surface area contributed by atoms with E-state index in [1.54, 1.807) is 26.0 Å². The van der Waals surface area contributed by atoms with Crippen LogP contribution in [-0.4, -0.2) is 31.1 Å². The molecule has 0 unspecified atom stereocenters. The van der Waals surface area contributed by atoms with Crippen molar-refractivity contribution in [1.29, 1.82) is 0 Å². The monoisotopic (exact) mass is 299 g/mol. The Hall–Kier alpha value is -2.89. The number of hydrogen-bond acceptors (Lipinski definition) is 5.